The third-order valence-electron chi connectivity index (χ3n) is 4.82. The Morgan fingerprint density at radius 1 is 0.964 bits per heavy atom. The average Bonchev–Trinajstić information content (AvgIpc) is 3.06. The van der Waals surface area contributed by atoms with Gasteiger partial charge in [0.05, 0.1) is 17.6 Å². The molecule has 0 saturated carbocycles. The Hall–Kier alpha value is -3.13. The maximum Gasteiger partial charge on any atom is 0.329 e. The zero-order valence-electron chi connectivity index (χ0n) is 15.3. The standard InChI is InChI=1S/C20H17BrN4O3/c1-23-16-8-5-13(10-17(16)24(2)20(23)28)9-15-18(26)25(19(27)22-15)11-12-3-6-14(21)7-4-12/h3-10H,11H2,1-2H3,(H,22,27)/b15-9+. The topological polar surface area (TPSA) is 76.3 Å². The van der Waals surface area contributed by atoms with Gasteiger partial charge in [-0.2, -0.15) is 0 Å². The molecule has 1 saturated heterocycles. The van der Waals surface area contributed by atoms with E-state index >= 15 is 0 Å². The lowest BCUT2D eigenvalue weighted by Gasteiger charge is -2.11. The number of aromatic nitrogens is 2. The van der Waals surface area contributed by atoms with E-state index in [2.05, 4.69) is 21.2 Å². The zero-order chi connectivity index (χ0) is 20.0. The van der Waals surface area contributed by atoms with Crippen LogP contribution in [0.3, 0.4) is 0 Å². The molecule has 0 unspecified atom stereocenters. The van der Waals surface area contributed by atoms with E-state index in [0.717, 1.165) is 26.6 Å². The number of nitrogens with zero attached hydrogens (tertiary/aromatic N) is 3. The van der Waals surface area contributed by atoms with Crippen LogP contribution in [0.15, 0.2) is 57.4 Å². The number of aryl methyl sites for hydroxylation is 2. The molecule has 28 heavy (non-hydrogen) atoms. The molecule has 1 aliphatic rings. The van der Waals surface area contributed by atoms with E-state index in [0.29, 0.717) is 0 Å². The Labute approximate surface area is 169 Å². The van der Waals surface area contributed by atoms with Crippen molar-refractivity contribution in [3.05, 3.63) is 74.2 Å². The number of nitrogens with one attached hydrogen (secondary N) is 1. The minimum Gasteiger partial charge on any atom is -0.303 e. The van der Waals surface area contributed by atoms with Crippen molar-refractivity contribution in [1.29, 1.82) is 0 Å². The largest absolute Gasteiger partial charge is 0.329 e. The minimum atomic E-state index is -0.452. The van der Waals surface area contributed by atoms with Gasteiger partial charge < -0.3 is 5.32 Å². The first-order valence-electron chi connectivity index (χ1n) is 8.59. The van der Waals surface area contributed by atoms with Crippen molar-refractivity contribution in [1.82, 2.24) is 19.4 Å². The normalized spacial score (nSPS) is 15.7. The molecule has 1 fully saturated rings. The lowest BCUT2D eigenvalue weighted by atomic mass is 10.1. The molecule has 4 rings (SSSR count). The summed E-state index contributed by atoms with van der Waals surface area (Å²) < 4.78 is 4.04. The molecule has 0 spiro atoms. The summed E-state index contributed by atoms with van der Waals surface area (Å²) in [4.78, 5) is 38.2. The SMILES string of the molecule is Cn1c(=O)n(C)c2cc(/C=C3/NC(=O)N(Cc4ccc(Br)cc4)C3=O)ccc21. The summed E-state index contributed by atoms with van der Waals surface area (Å²) in [5.74, 6) is -0.380. The Morgan fingerprint density at radius 3 is 2.36 bits per heavy atom. The molecule has 2 heterocycles. The summed E-state index contributed by atoms with van der Waals surface area (Å²) in [5.41, 5.74) is 3.23. The molecule has 0 radical (unpaired) electrons. The van der Waals surface area contributed by atoms with Crippen molar-refractivity contribution in [2.45, 2.75) is 6.54 Å². The van der Waals surface area contributed by atoms with E-state index in [1.54, 1.807) is 29.3 Å². The van der Waals surface area contributed by atoms with Crippen LogP contribution in [0.5, 0.6) is 0 Å². The van der Waals surface area contributed by atoms with Crippen LogP contribution < -0.4 is 11.0 Å². The van der Waals surface area contributed by atoms with Gasteiger partial charge in [0, 0.05) is 18.6 Å². The molecule has 3 amide bonds. The Balaban J connectivity index is 1.63. The summed E-state index contributed by atoms with van der Waals surface area (Å²) in [7, 11) is 3.41. The summed E-state index contributed by atoms with van der Waals surface area (Å²) >= 11 is 3.36. The third-order valence-corrected chi connectivity index (χ3v) is 5.35. The first-order valence-corrected chi connectivity index (χ1v) is 9.39. The van der Waals surface area contributed by atoms with Crippen molar-refractivity contribution in [2.75, 3.05) is 0 Å². The number of benzene rings is 2. The number of hydrogen-bond donors (Lipinski definition) is 1. The van der Waals surface area contributed by atoms with E-state index in [1.165, 1.54) is 4.90 Å². The quantitative estimate of drug-likeness (QED) is 0.502. The molecule has 8 heteroatoms. The summed E-state index contributed by atoms with van der Waals surface area (Å²) in [5, 5.41) is 2.63. The van der Waals surface area contributed by atoms with Crippen molar-refractivity contribution in [3.63, 3.8) is 0 Å². The average molecular weight is 441 g/mol. The van der Waals surface area contributed by atoms with Gasteiger partial charge in [0.25, 0.3) is 5.91 Å². The van der Waals surface area contributed by atoms with Crippen LogP contribution in [0, 0.1) is 0 Å². The summed E-state index contributed by atoms with van der Waals surface area (Å²) in [6, 6.07) is 12.4. The molecule has 0 aliphatic carbocycles. The molecular weight excluding hydrogens is 424 g/mol. The van der Waals surface area contributed by atoms with E-state index < -0.39 is 6.03 Å². The van der Waals surface area contributed by atoms with Crippen molar-refractivity contribution < 1.29 is 9.59 Å². The van der Waals surface area contributed by atoms with E-state index in [4.69, 9.17) is 0 Å². The predicted molar refractivity (Wildman–Crippen MR) is 109 cm³/mol. The number of carbonyl (C=O) groups excluding carboxylic acids is 2. The highest BCUT2D eigenvalue weighted by molar-refractivity contribution is 9.10. The van der Waals surface area contributed by atoms with Gasteiger partial charge in [0.15, 0.2) is 0 Å². The summed E-state index contributed by atoms with van der Waals surface area (Å²) in [6.07, 6.45) is 1.62. The van der Waals surface area contributed by atoms with Gasteiger partial charge in [0.2, 0.25) is 0 Å². The number of urea groups is 1. The maximum absolute atomic E-state index is 12.7. The van der Waals surface area contributed by atoms with Crippen LogP contribution in [-0.4, -0.2) is 26.0 Å². The third kappa shape index (κ3) is 3.05. The first-order chi connectivity index (χ1) is 13.3. The number of rotatable bonds is 3. The Morgan fingerprint density at radius 2 is 1.64 bits per heavy atom. The number of hydrogen-bond acceptors (Lipinski definition) is 3. The van der Waals surface area contributed by atoms with E-state index in [-0.39, 0.29) is 23.8 Å². The molecule has 7 nitrogen and oxygen atoms in total. The number of amides is 3. The molecule has 1 aliphatic heterocycles. The fourth-order valence-corrected chi connectivity index (χ4v) is 3.53. The first kappa shape index (κ1) is 18.2. The number of halogens is 1. The van der Waals surface area contributed by atoms with Gasteiger partial charge in [-0.25, -0.2) is 9.59 Å². The van der Waals surface area contributed by atoms with Gasteiger partial charge in [-0.05, 0) is 41.5 Å². The highest BCUT2D eigenvalue weighted by Crippen LogP contribution is 2.20. The van der Waals surface area contributed by atoms with Crippen LogP contribution in [0.4, 0.5) is 4.79 Å². The number of carbonyl (C=O) groups is 2. The van der Waals surface area contributed by atoms with Crippen LogP contribution in [0.1, 0.15) is 11.1 Å². The second-order valence-electron chi connectivity index (χ2n) is 6.65. The van der Waals surface area contributed by atoms with E-state index in [1.807, 2.05) is 42.5 Å². The number of imide groups is 1. The molecule has 1 aromatic heterocycles. The molecule has 142 valence electrons. The lowest BCUT2D eigenvalue weighted by Crippen LogP contribution is -2.30. The Kier molecular flexibility index (Phi) is 4.43. The molecular formula is C20H17BrN4O3. The minimum absolute atomic E-state index is 0.120. The van der Waals surface area contributed by atoms with Crippen molar-refractivity contribution in [3.8, 4) is 0 Å². The molecule has 0 atom stereocenters. The van der Waals surface area contributed by atoms with Crippen LogP contribution in [0.25, 0.3) is 17.1 Å². The number of imidazole rings is 1. The predicted octanol–water partition coefficient (Wildman–Crippen LogP) is 2.73. The van der Waals surface area contributed by atoms with Crippen LogP contribution in [-0.2, 0) is 25.4 Å². The van der Waals surface area contributed by atoms with Gasteiger partial charge in [-0.1, -0.05) is 34.1 Å². The molecule has 2 aromatic carbocycles. The Bertz CT molecular complexity index is 1200. The van der Waals surface area contributed by atoms with E-state index in [9.17, 15) is 14.4 Å². The van der Waals surface area contributed by atoms with Crippen LogP contribution >= 0.6 is 15.9 Å². The van der Waals surface area contributed by atoms with Crippen molar-refractivity contribution >= 4 is 45.0 Å². The second kappa shape index (κ2) is 6.79. The van der Waals surface area contributed by atoms with Gasteiger partial charge in [-0.15, -0.1) is 0 Å². The fraction of sp³-hybridized carbons (Fsp3) is 0.150. The van der Waals surface area contributed by atoms with Gasteiger partial charge in [-0.3, -0.25) is 18.8 Å². The number of fused-ring (bicyclic) bond motifs is 1. The maximum atomic E-state index is 12.7. The molecule has 1 N–H and O–H groups in total. The van der Waals surface area contributed by atoms with Gasteiger partial charge in [0.1, 0.15) is 5.70 Å². The van der Waals surface area contributed by atoms with Gasteiger partial charge >= 0.3 is 11.7 Å². The van der Waals surface area contributed by atoms with Crippen LogP contribution in [0.2, 0.25) is 0 Å². The zero-order valence-corrected chi connectivity index (χ0v) is 16.9. The fourth-order valence-electron chi connectivity index (χ4n) is 3.27. The molecule has 0 bridgehead atoms. The van der Waals surface area contributed by atoms with Crippen molar-refractivity contribution in [2.24, 2.45) is 14.1 Å². The lowest BCUT2D eigenvalue weighted by molar-refractivity contribution is -0.123. The second-order valence-corrected chi connectivity index (χ2v) is 7.57. The summed E-state index contributed by atoms with van der Waals surface area (Å²) in [6.45, 7) is 0.196. The smallest absolute Gasteiger partial charge is 0.303 e. The monoisotopic (exact) mass is 440 g/mol. The molecule has 3 aromatic rings. The highest BCUT2D eigenvalue weighted by Gasteiger charge is 2.33. The highest BCUT2D eigenvalue weighted by atomic mass is 79.9.